The van der Waals surface area contributed by atoms with Crippen LogP contribution in [0.1, 0.15) is 6.42 Å². The van der Waals surface area contributed by atoms with Crippen LogP contribution >= 0.6 is 0 Å². The van der Waals surface area contributed by atoms with E-state index >= 15 is 0 Å². The molecule has 4 nitrogen and oxygen atoms in total. The minimum absolute atomic E-state index is 1.07. The van der Waals surface area contributed by atoms with Gasteiger partial charge >= 0.3 is 8.88 Å². The Kier molecular flexibility index (Phi) is 3.25. The molecule has 72 valence electrons. The summed E-state index contributed by atoms with van der Waals surface area (Å²) in [6.45, 7) is 2.14. The van der Waals surface area contributed by atoms with Crippen LogP contribution in [0.4, 0.5) is 0 Å². The molecule has 1 aliphatic rings. The molecule has 0 atom stereocenters. The summed E-state index contributed by atoms with van der Waals surface area (Å²) in [6, 6.07) is 0. The second kappa shape index (κ2) is 3.84. The number of hydrogen-bond donors (Lipinski definition) is 0. The summed E-state index contributed by atoms with van der Waals surface area (Å²) in [5.41, 5.74) is 0. The maximum atomic E-state index is 5.52. The van der Waals surface area contributed by atoms with Crippen molar-refractivity contribution in [3.8, 4) is 0 Å². The van der Waals surface area contributed by atoms with Gasteiger partial charge in [0.2, 0.25) is 0 Å². The van der Waals surface area contributed by atoms with Gasteiger partial charge in [0.25, 0.3) is 0 Å². The third kappa shape index (κ3) is 1.43. The average Bonchev–Trinajstić information content (AvgIpc) is 2.06. The molecule has 0 unspecified atom stereocenters. The molecule has 0 aliphatic carbocycles. The number of hydrogen-bond acceptors (Lipinski definition) is 4. The van der Waals surface area contributed by atoms with Crippen LogP contribution in [0.3, 0.4) is 0 Å². The molecule has 0 saturated carbocycles. The molecule has 0 aromatic heterocycles. The predicted molar refractivity (Wildman–Crippen MR) is 49.6 cm³/mol. The Labute approximate surface area is 75.5 Å². The van der Waals surface area contributed by atoms with Gasteiger partial charge in [-0.2, -0.15) is 0 Å². The van der Waals surface area contributed by atoms with E-state index in [0.29, 0.717) is 0 Å². The summed E-state index contributed by atoms with van der Waals surface area (Å²) in [7, 11) is 5.42. The van der Waals surface area contributed by atoms with E-state index in [1.165, 1.54) is 6.42 Å². The molecule has 0 amide bonds. The summed E-state index contributed by atoms with van der Waals surface area (Å²) in [5.74, 6) is 0. The standard InChI is InChI=1S/C7H18N2O2Si/c1-8-6-5-7-9(2)12(8,10-3)11-4/h5-7H2,1-4H3. The second-order valence-electron chi connectivity index (χ2n) is 3.15. The first kappa shape index (κ1) is 10.1. The first-order valence-electron chi connectivity index (χ1n) is 4.20. The normalized spacial score (nSPS) is 26.0. The molecular formula is C7H18N2O2Si. The Bertz CT molecular complexity index is 140. The van der Waals surface area contributed by atoms with Crippen LogP contribution in [0.15, 0.2) is 0 Å². The SMILES string of the molecule is CO[Si]1(OC)N(C)CCCN1C. The third-order valence-corrected chi connectivity index (χ3v) is 5.92. The monoisotopic (exact) mass is 190 g/mol. The van der Waals surface area contributed by atoms with Crippen LogP contribution in [0, 0.1) is 0 Å². The van der Waals surface area contributed by atoms with Gasteiger partial charge in [0.15, 0.2) is 0 Å². The minimum Gasteiger partial charge on any atom is -0.374 e. The zero-order chi connectivity index (χ0) is 9.19. The molecule has 1 fully saturated rings. The van der Waals surface area contributed by atoms with Gasteiger partial charge < -0.3 is 8.85 Å². The van der Waals surface area contributed by atoms with Crippen LogP contribution in [-0.4, -0.2) is 59.4 Å². The average molecular weight is 190 g/mol. The molecule has 5 heteroatoms. The van der Waals surface area contributed by atoms with Crippen molar-refractivity contribution in [2.24, 2.45) is 0 Å². The van der Waals surface area contributed by atoms with E-state index in [4.69, 9.17) is 8.85 Å². The quantitative estimate of drug-likeness (QED) is 0.572. The van der Waals surface area contributed by atoms with Crippen LogP contribution in [0.2, 0.25) is 0 Å². The van der Waals surface area contributed by atoms with Gasteiger partial charge in [-0.15, -0.1) is 0 Å². The van der Waals surface area contributed by atoms with E-state index in [1.54, 1.807) is 14.2 Å². The lowest BCUT2D eigenvalue weighted by Crippen LogP contribution is -2.69. The van der Waals surface area contributed by atoms with E-state index in [2.05, 4.69) is 23.2 Å². The van der Waals surface area contributed by atoms with E-state index in [-0.39, 0.29) is 0 Å². The summed E-state index contributed by atoms with van der Waals surface area (Å²) in [6.07, 6.45) is 1.19. The molecule has 0 bridgehead atoms. The van der Waals surface area contributed by atoms with Crippen molar-refractivity contribution < 1.29 is 8.85 Å². The molecule has 1 rings (SSSR count). The van der Waals surface area contributed by atoms with Gasteiger partial charge in [-0.05, 0) is 33.6 Å². The van der Waals surface area contributed by atoms with Crippen molar-refractivity contribution in [3.63, 3.8) is 0 Å². The summed E-state index contributed by atoms with van der Waals surface area (Å²) >= 11 is 0. The first-order valence-corrected chi connectivity index (χ1v) is 5.91. The highest BCUT2D eigenvalue weighted by Gasteiger charge is 2.48. The zero-order valence-corrected chi connectivity index (χ0v) is 9.33. The van der Waals surface area contributed by atoms with E-state index in [9.17, 15) is 0 Å². The lowest BCUT2D eigenvalue weighted by molar-refractivity contribution is 0.0930. The largest absolute Gasteiger partial charge is 0.521 e. The van der Waals surface area contributed by atoms with Crippen LogP contribution in [-0.2, 0) is 8.85 Å². The highest BCUT2D eigenvalue weighted by Crippen LogP contribution is 2.19. The van der Waals surface area contributed by atoms with Crippen molar-refractivity contribution in [1.82, 2.24) is 9.13 Å². The Morgan fingerprint density at radius 2 is 1.42 bits per heavy atom. The Morgan fingerprint density at radius 3 is 1.67 bits per heavy atom. The van der Waals surface area contributed by atoms with Crippen LogP contribution in [0.5, 0.6) is 0 Å². The smallest absolute Gasteiger partial charge is 0.374 e. The minimum atomic E-state index is -2.17. The van der Waals surface area contributed by atoms with Gasteiger partial charge in [0, 0.05) is 14.2 Å². The van der Waals surface area contributed by atoms with Crippen molar-refractivity contribution >= 4 is 8.88 Å². The number of nitrogens with zero attached hydrogens (tertiary/aromatic N) is 2. The lowest BCUT2D eigenvalue weighted by atomic mass is 10.4. The van der Waals surface area contributed by atoms with Crippen molar-refractivity contribution in [2.75, 3.05) is 41.4 Å². The van der Waals surface area contributed by atoms with E-state index < -0.39 is 8.88 Å². The molecule has 0 spiro atoms. The first-order chi connectivity index (χ1) is 5.67. The number of rotatable bonds is 2. The highest BCUT2D eigenvalue weighted by molar-refractivity contribution is 6.61. The predicted octanol–water partition coefficient (Wildman–Crippen LogP) is -0.0179. The van der Waals surface area contributed by atoms with Gasteiger partial charge in [0.05, 0.1) is 0 Å². The lowest BCUT2D eigenvalue weighted by Gasteiger charge is -2.44. The Hall–Kier alpha value is 0.0569. The fourth-order valence-corrected chi connectivity index (χ4v) is 4.70. The molecular weight excluding hydrogens is 172 g/mol. The van der Waals surface area contributed by atoms with Gasteiger partial charge in [-0.1, -0.05) is 0 Å². The fraction of sp³-hybridized carbons (Fsp3) is 1.00. The van der Waals surface area contributed by atoms with E-state index in [0.717, 1.165) is 13.1 Å². The Morgan fingerprint density at radius 1 is 1.00 bits per heavy atom. The molecule has 0 N–H and O–H groups in total. The zero-order valence-electron chi connectivity index (χ0n) is 8.33. The fourth-order valence-electron chi connectivity index (χ4n) is 1.83. The van der Waals surface area contributed by atoms with E-state index in [1.807, 2.05) is 0 Å². The maximum absolute atomic E-state index is 5.52. The van der Waals surface area contributed by atoms with Crippen molar-refractivity contribution in [3.05, 3.63) is 0 Å². The Balaban J connectivity index is 2.77. The molecule has 12 heavy (non-hydrogen) atoms. The molecule has 0 radical (unpaired) electrons. The summed E-state index contributed by atoms with van der Waals surface area (Å²) in [4.78, 5) is 0. The second-order valence-corrected chi connectivity index (χ2v) is 6.59. The van der Waals surface area contributed by atoms with Crippen molar-refractivity contribution in [2.45, 2.75) is 6.42 Å². The van der Waals surface area contributed by atoms with Gasteiger partial charge in [0.1, 0.15) is 0 Å². The van der Waals surface area contributed by atoms with Crippen LogP contribution in [0.25, 0.3) is 0 Å². The third-order valence-electron chi connectivity index (χ3n) is 2.48. The van der Waals surface area contributed by atoms with Gasteiger partial charge in [-0.3, -0.25) is 9.13 Å². The summed E-state index contributed by atoms with van der Waals surface area (Å²) < 4.78 is 15.5. The molecule has 0 aromatic carbocycles. The molecule has 1 aliphatic heterocycles. The maximum Gasteiger partial charge on any atom is 0.521 e. The molecule has 1 heterocycles. The van der Waals surface area contributed by atoms with Crippen LogP contribution < -0.4 is 0 Å². The topological polar surface area (TPSA) is 24.9 Å². The molecule has 0 aromatic rings. The molecule has 1 saturated heterocycles. The van der Waals surface area contributed by atoms with Crippen molar-refractivity contribution in [1.29, 1.82) is 0 Å². The highest BCUT2D eigenvalue weighted by atomic mass is 28.4. The van der Waals surface area contributed by atoms with Gasteiger partial charge in [-0.25, -0.2) is 0 Å². The summed E-state index contributed by atoms with van der Waals surface area (Å²) in [5, 5.41) is 0.